The minimum atomic E-state index is -0.566. The fourth-order valence-electron chi connectivity index (χ4n) is 4.77. The number of amides is 1. The standard InChI is InChI=1S/C29H19ClFN3O2S/c30-19-12-10-17(11-13-19)26-21-7-1-2-8-22(21)32-28(35)27(26)23-16-24(18-5-3-6-20(31)15-18)34(33-23)29(36)25-9-4-14-37-25/h1-15,24H,16H2,(H,32,35)/t24-/m1/s1. The average molecular weight is 528 g/mol. The summed E-state index contributed by atoms with van der Waals surface area (Å²) in [5.74, 6) is -0.704. The Bertz CT molecular complexity index is 1730. The lowest BCUT2D eigenvalue weighted by atomic mass is 9.91. The molecule has 0 spiro atoms. The van der Waals surface area contributed by atoms with E-state index in [2.05, 4.69) is 4.98 Å². The van der Waals surface area contributed by atoms with E-state index in [-0.39, 0.29) is 17.9 Å². The number of rotatable bonds is 4. The van der Waals surface area contributed by atoms with Crippen molar-refractivity contribution < 1.29 is 9.18 Å². The fraction of sp³-hybridized carbons (Fsp3) is 0.0690. The molecule has 0 aliphatic carbocycles. The van der Waals surface area contributed by atoms with E-state index in [0.717, 1.165) is 10.9 Å². The molecule has 0 bridgehead atoms. The number of halogens is 2. The number of carbonyl (C=O) groups excluding carboxylic acids is 1. The van der Waals surface area contributed by atoms with Gasteiger partial charge in [0.05, 0.1) is 22.2 Å². The molecule has 1 aliphatic heterocycles. The zero-order valence-corrected chi connectivity index (χ0v) is 20.9. The van der Waals surface area contributed by atoms with Crippen LogP contribution in [0.1, 0.15) is 33.3 Å². The highest BCUT2D eigenvalue weighted by Crippen LogP contribution is 2.38. The second kappa shape index (κ2) is 9.42. The zero-order valence-electron chi connectivity index (χ0n) is 19.3. The van der Waals surface area contributed by atoms with Gasteiger partial charge in [-0.3, -0.25) is 9.59 Å². The Balaban J connectivity index is 1.57. The van der Waals surface area contributed by atoms with E-state index >= 15 is 0 Å². The van der Waals surface area contributed by atoms with Crippen molar-refractivity contribution in [3.63, 3.8) is 0 Å². The molecule has 2 aromatic heterocycles. The third kappa shape index (κ3) is 4.26. The minimum absolute atomic E-state index is 0.253. The summed E-state index contributed by atoms with van der Waals surface area (Å²) in [5, 5.41) is 9.32. The van der Waals surface area contributed by atoms with Gasteiger partial charge in [-0.1, -0.05) is 60.1 Å². The molecule has 8 heteroatoms. The molecule has 3 aromatic carbocycles. The number of H-pyrrole nitrogens is 1. The van der Waals surface area contributed by atoms with Gasteiger partial charge in [-0.2, -0.15) is 5.10 Å². The average Bonchev–Trinajstić information content (AvgIpc) is 3.59. The van der Waals surface area contributed by atoms with Crippen LogP contribution >= 0.6 is 22.9 Å². The fourth-order valence-corrected chi connectivity index (χ4v) is 5.55. The number of nitrogens with zero attached hydrogens (tertiary/aromatic N) is 2. The summed E-state index contributed by atoms with van der Waals surface area (Å²) < 4.78 is 14.2. The molecule has 182 valence electrons. The normalized spacial score (nSPS) is 15.2. The number of hydrogen-bond acceptors (Lipinski definition) is 4. The second-order valence-corrected chi connectivity index (χ2v) is 10.1. The van der Waals surface area contributed by atoms with Crippen LogP contribution in [-0.2, 0) is 0 Å². The van der Waals surface area contributed by atoms with Crippen LogP contribution in [0.15, 0.2) is 100 Å². The molecular formula is C29H19ClFN3O2S. The van der Waals surface area contributed by atoms with E-state index in [4.69, 9.17) is 16.7 Å². The highest BCUT2D eigenvalue weighted by Gasteiger charge is 2.36. The van der Waals surface area contributed by atoms with Gasteiger partial charge in [0.2, 0.25) is 0 Å². The number of aromatic nitrogens is 1. The van der Waals surface area contributed by atoms with Crippen molar-refractivity contribution in [3.05, 3.63) is 128 Å². The van der Waals surface area contributed by atoms with Crippen molar-refractivity contribution in [2.75, 3.05) is 0 Å². The van der Waals surface area contributed by atoms with Crippen molar-refractivity contribution in [2.45, 2.75) is 12.5 Å². The van der Waals surface area contributed by atoms with Crippen LogP contribution in [0.4, 0.5) is 4.39 Å². The number of thiophene rings is 1. The maximum absolute atomic E-state index is 14.2. The van der Waals surface area contributed by atoms with E-state index < -0.39 is 11.9 Å². The Morgan fingerprint density at radius 1 is 1.00 bits per heavy atom. The molecule has 5 nitrogen and oxygen atoms in total. The van der Waals surface area contributed by atoms with E-state index in [1.807, 2.05) is 41.8 Å². The first-order valence-corrected chi connectivity index (χ1v) is 12.9. The number of hydrazone groups is 1. The Morgan fingerprint density at radius 2 is 1.81 bits per heavy atom. The first-order valence-electron chi connectivity index (χ1n) is 11.6. The lowest BCUT2D eigenvalue weighted by Crippen LogP contribution is -2.26. The van der Waals surface area contributed by atoms with Crippen molar-refractivity contribution in [3.8, 4) is 11.1 Å². The van der Waals surface area contributed by atoms with E-state index in [1.165, 1.54) is 28.5 Å². The number of nitrogens with one attached hydrogen (secondary N) is 1. The van der Waals surface area contributed by atoms with Crippen molar-refractivity contribution in [1.82, 2.24) is 9.99 Å². The number of aromatic amines is 1. The molecule has 3 heterocycles. The highest BCUT2D eigenvalue weighted by atomic mass is 35.5. The Labute approximate surface area is 220 Å². The first-order chi connectivity index (χ1) is 18.0. The molecular weight excluding hydrogens is 509 g/mol. The lowest BCUT2D eigenvalue weighted by Gasteiger charge is -2.21. The quantitative estimate of drug-likeness (QED) is 0.272. The van der Waals surface area contributed by atoms with Crippen molar-refractivity contribution in [1.29, 1.82) is 0 Å². The lowest BCUT2D eigenvalue weighted by molar-refractivity contribution is 0.0716. The predicted molar refractivity (Wildman–Crippen MR) is 146 cm³/mol. The molecule has 6 rings (SSSR count). The van der Waals surface area contributed by atoms with Crippen molar-refractivity contribution in [2.24, 2.45) is 5.10 Å². The van der Waals surface area contributed by atoms with Gasteiger partial charge >= 0.3 is 0 Å². The van der Waals surface area contributed by atoms with Gasteiger partial charge < -0.3 is 4.98 Å². The molecule has 0 saturated carbocycles. The van der Waals surface area contributed by atoms with Gasteiger partial charge in [0, 0.05) is 27.9 Å². The van der Waals surface area contributed by atoms with Gasteiger partial charge in [-0.25, -0.2) is 9.40 Å². The van der Waals surface area contributed by atoms with Gasteiger partial charge in [0.15, 0.2) is 0 Å². The Hall–Kier alpha value is -4.07. The molecule has 1 aliphatic rings. The minimum Gasteiger partial charge on any atom is -0.321 e. The summed E-state index contributed by atoms with van der Waals surface area (Å²) in [7, 11) is 0. The summed E-state index contributed by atoms with van der Waals surface area (Å²) >= 11 is 7.46. The summed E-state index contributed by atoms with van der Waals surface area (Å²) in [6.07, 6.45) is 0.253. The molecule has 0 radical (unpaired) electrons. The van der Waals surface area contributed by atoms with Crippen LogP contribution < -0.4 is 5.56 Å². The largest absolute Gasteiger partial charge is 0.321 e. The number of benzene rings is 3. The predicted octanol–water partition coefficient (Wildman–Crippen LogP) is 7.04. The van der Waals surface area contributed by atoms with Gasteiger partial charge in [0.25, 0.3) is 11.5 Å². The molecule has 5 aromatic rings. The molecule has 1 atom stereocenters. The van der Waals surface area contributed by atoms with E-state index in [1.54, 1.807) is 36.4 Å². The van der Waals surface area contributed by atoms with Crippen LogP contribution in [0.3, 0.4) is 0 Å². The van der Waals surface area contributed by atoms with E-state index in [0.29, 0.717) is 37.8 Å². The van der Waals surface area contributed by atoms with Crippen LogP contribution in [0.2, 0.25) is 5.02 Å². The maximum atomic E-state index is 14.2. The summed E-state index contributed by atoms with van der Waals surface area (Å²) in [6, 6.07) is 23.9. The molecule has 0 saturated heterocycles. The smallest absolute Gasteiger partial charge is 0.284 e. The monoisotopic (exact) mass is 527 g/mol. The third-order valence-electron chi connectivity index (χ3n) is 6.43. The summed E-state index contributed by atoms with van der Waals surface area (Å²) in [6.45, 7) is 0. The summed E-state index contributed by atoms with van der Waals surface area (Å²) in [4.78, 5) is 30.5. The number of para-hydroxylation sites is 1. The van der Waals surface area contributed by atoms with Crippen LogP contribution in [0.25, 0.3) is 22.0 Å². The molecule has 37 heavy (non-hydrogen) atoms. The van der Waals surface area contributed by atoms with E-state index in [9.17, 15) is 14.0 Å². The first kappa shape index (κ1) is 23.3. The van der Waals surface area contributed by atoms with Crippen LogP contribution in [0.5, 0.6) is 0 Å². The highest BCUT2D eigenvalue weighted by molar-refractivity contribution is 7.12. The second-order valence-electron chi connectivity index (χ2n) is 8.71. The summed E-state index contributed by atoms with van der Waals surface area (Å²) in [5.41, 5.74) is 3.32. The third-order valence-corrected chi connectivity index (χ3v) is 7.54. The Kier molecular flexibility index (Phi) is 5.94. The number of hydrogen-bond donors (Lipinski definition) is 1. The van der Waals surface area contributed by atoms with Crippen LogP contribution in [-0.4, -0.2) is 21.6 Å². The van der Waals surface area contributed by atoms with Gasteiger partial charge in [0.1, 0.15) is 5.82 Å². The van der Waals surface area contributed by atoms with Crippen LogP contribution in [0, 0.1) is 5.82 Å². The number of carbonyl (C=O) groups is 1. The number of pyridine rings is 1. The zero-order chi connectivity index (χ0) is 25.5. The van der Waals surface area contributed by atoms with Gasteiger partial charge in [-0.15, -0.1) is 11.3 Å². The molecule has 0 unspecified atom stereocenters. The van der Waals surface area contributed by atoms with Crippen molar-refractivity contribution >= 4 is 45.5 Å². The van der Waals surface area contributed by atoms with Gasteiger partial charge in [-0.05, 0) is 52.9 Å². The SMILES string of the molecule is O=C(c1cccs1)N1N=C(c2c(-c3ccc(Cl)cc3)c3ccccc3[nH]c2=O)C[C@@H]1c1cccc(F)c1. The maximum Gasteiger partial charge on any atom is 0.284 e. The number of fused-ring (bicyclic) bond motifs is 1. The topological polar surface area (TPSA) is 65.5 Å². The molecule has 0 fully saturated rings. The molecule has 1 N–H and O–H groups in total. The Morgan fingerprint density at radius 3 is 2.57 bits per heavy atom. The molecule has 1 amide bonds.